The van der Waals surface area contributed by atoms with Gasteiger partial charge >= 0.3 is 0 Å². The summed E-state index contributed by atoms with van der Waals surface area (Å²) >= 11 is 0. The number of likely N-dealkylation sites (N-methyl/N-ethyl adjacent to an activating group) is 1. The Labute approximate surface area is 108 Å². The summed E-state index contributed by atoms with van der Waals surface area (Å²) in [4.78, 5) is 14.5. The van der Waals surface area contributed by atoms with Crippen LogP contribution in [0.4, 0.5) is 5.69 Å². The molecule has 1 aliphatic rings. The molecular weight excluding hydrogens is 226 g/mol. The molecule has 0 bridgehead atoms. The zero-order valence-corrected chi connectivity index (χ0v) is 11.1. The number of hydrogen-bond acceptors (Lipinski definition) is 3. The summed E-state index contributed by atoms with van der Waals surface area (Å²) in [5.74, 6) is 0.109. The van der Waals surface area contributed by atoms with Crippen molar-refractivity contribution in [1.82, 2.24) is 10.2 Å². The fourth-order valence-corrected chi connectivity index (χ4v) is 2.58. The molecule has 1 aromatic rings. The van der Waals surface area contributed by atoms with Crippen LogP contribution >= 0.6 is 0 Å². The van der Waals surface area contributed by atoms with Crippen LogP contribution in [0.5, 0.6) is 0 Å². The Balaban J connectivity index is 2.22. The second-order valence-corrected chi connectivity index (χ2v) is 4.93. The maximum atomic E-state index is 12.5. The molecule has 1 atom stereocenters. The van der Waals surface area contributed by atoms with E-state index in [-0.39, 0.29) is 5.91 Å². The molecule has 4 heteroatoms. The third-order valence-corrected chi connectivity index (χ3v) is 3.57. The minimum Gasteiger partial charge on any atom is -0.399 e. The number of amides is 1. The summed E-state index contributed by atoms with van der Waals surface area (Å²) in [6.07, 6.45) is 2.16. The van der Waals surface area contributed by atoms with E-state index in [0.29, 0.717) is 11.7 Å². The molecule has 1 aliphatic heterocycles. The van der Waals surface area contributed by atoms with Crippen LogP contribution in [0.15, 0.2) is 18.2 Å². The van der Waals surface area contributed by atoms with Crippen LogP contribution in [0.1, 0.15) is 28.8 Å². The third-order valence-electron chi connectivity index (χ3n) is 3.57. The van der Waals surface area contributed by atoms with Crippen molar-refractivity contribution in [2.75, 3.05) is 25.9 Å². The molecule has 1 fully saturated rings. The summed E-state index contributed by atoms with van der Waals surface area (Å²) in [7, 11) is 1.92. The minimum atomic E-state index is 0.109. The van der Waals surface area contributed by atoms with Crippen molar-refractivity contribution in [3.8, 4) is 0 Å². The summed E-state index contributed by atoms with van der Waals surface area (Å²) in [6, 6.07) is 5.84. The molecule has 0 radical (unpaired) electrons. The van der Waals surface area contributed by atoms with Crippen LogP contribution in [0.2, 0.25) is 0 Å². The van der Waals surface area contributed by atoms with Crippen molar-refractivity contribution >= 4 is 11.6 Å². The van der Waals surface area contributed by atoms with Crippen molar-refractivity contribution in [2.24, 2.45) is 0 Å². The van der Waals surface area contributed by atoms with Crippen molar-refractivity contribution in [1.29, 1.82) is 0 Å². The Bertz CT molecular complexity index is 445. The van der Waals surface area contributed by atoms with Crippen molar-refractivity contribution < 1.29 is 4.79 Å². The average molecular weight is 247 g/mol. The fourth-order valence-electron chi connectivity index (χ4n) is 2.58. The molecule has 0 aromatic heterocycles. The molecule has 18 heavy (non-hydrogen) atoms. The minimum absolute atomic E-state index is 0.109. The van der Waals surface area contributed by atoms with Gasteiger partial charge in [-0.1, -0.05) is 6.07 Å². The first-order valence-corrected chi connectivity index (χ1v) is 6.45. The van der Waals surface area contributed by atoms with E-state index < -0.39 is 0 Å². The number of anilines is 1. The molecule has 1 saturated heterocycles. The van der Waals surface area contributed by atoms with E-state index in [1.165, 1.54) is 0 Å². The van der Waals surface area contributed by atoms with Crippen LogP contribution in [0, 0.1) is 6.92 Å². The second kappa shape index (κ2) is 5.40. The van der Waals surface area contributed by atoms with Gasteiger partial charge in [-0.05, 0) is 44.5 Å². The van der Waals surface area contributed by atoms with Crippen molar-refractivity contribution in [2.45, 2.75) is 25.8 Å². The van der Waals surface area contributed by atoms with Gasteiger partial charge in [0.1, 0.15) is 0 Å². The molecule has 3 N–H and O–H groups in total. The van der Waals surface area contributed by atoms with Gasteiger partial charge in [0.05, 0.1) is 0 Å². The van der Waals surface area contributed by atoms with Gasteiger partial charge in [-0.3, -0.25) is 4.79 Å². The topological polar surface area (TPSA) is 58.4 Å². The van der Waals surface area contributed by atoms with E-state index in [0.717, 1.165) is 37.1 Å². The Morgan fingerprint density at radius 2 is 2.33 bits per heavy atom. The van der Waals surface area contributed by atoms with Gasteiger partial charge in [-0.25, -0.2) is 0 Å². The van der Waals surface area contributed by atoms with E-state index in [2.05, 4.69) is 5.32 Å². The normalized spacial score (nSPS) is 19.2. The Kier molecular flexibility index (Phi) is 3.87. The number of nitrogen functional groups attached to an aromatic ring is 1. The molecule has 2 rings (SSSR count). The van der Waals surface area contributed by atoms with Crippen LogP contribution in [0.3, 0.4) is 0 Å². The van der Waals surface area contributed by atoms with Gasteiger partial charge < -0.3 is 16.0 Å². The lowest BCUT2D eigenvalue weighted by molar-refractivity contribution is 0.0736. The number of nitrogens with two attached hydrogens (primary N) is 1. The standard InChI is InChI=1S/C14H21N3O/c1-10-5-6-11(15)8-13(10)14(18)17-7-3-4-12(17)9-16-2/h5-6,8,12,16H,3-4,7,9,15H2,1-2H3. The lowest BCUT2D eigenvalue weighted by Crippen LogP contribution is -2.41. The monoisotopic (exact) mass is 247 g/mol. The number of carbonyl (C=O) groups is 1. The SMILES string of the molecule is CNCC1CCCN1C(=O)c1cc(N)ccc1C. The first kappa shape index (κ1) is 12.9. The number of rotatable bonds is 3. The fraction of sp³-hybridized carbons (Fsp3) is 0.500. The van der Waals surface area contributed by atoms with Gasteiger partial charge in [-0.2, -0.15) is 0 Å². The highest BCUT2D eigenvalue weighted by Gasteiger charge is 2.29. The van der Waals surface area contributed by atoms with Crippen molar-refractivity contribution in [3.63, 3.8) is 0 Å². The molecule has 1 amide bonds. The molecule has 0 aliphatic carbocycles. The van der Waals surface area contributed by atoms with E-state index in [1.54, 1.807) is 6.07 Å². The van der Waals surface area contributed by atoms with Gasteiger partial charge in [0.15, 0.2) is 0 Å². The van der Waals surface area contributed by atoms with Gasteiger partial charge in [0.2, 0.25) is 0 Å². The molecule has 1 aromatic carbocycles. The third kappa shape index (κ3) is 2.48. The lowest BCUT2D eigenvalue weighted by Gasteiger charge is -2.25. The number of benzene rings is 1. The summed E-state index contributed by atoms with van der Waals surface area (Å²) in [5, 5.41) is 3.15. The lowest BCUT2D eigenvalue weighted by atomic mass is 10.1. The second-order valence-electron chi connectivity index (χ2n) is 4.93. The highest BCUT2D eigenvalue weighted by atomic mass is 16.2. The van der Waals surface area contributed by atoms with E-state index in [4.69, 9.17) is 5.73 Å². The number of nitrogens with zero attached hydrogens (tertiary/aromatic N) is 1. The highest BCUT2D eigenvalue weighted by molar-refractivity contribution is 5.96. The maximum Gasteiger partial charge on any atom is 0.254 e. The Hall–Kier alpha value is -1.55. The highest BCUT2D eigenvalue weighted by Crippen LogP contribution is 2.22. The summed E-state index contributed by atoms with van der Waals surface area (Å²) in [5.41, 5.74) is 8.15. The zero-order valence-electron chi connectivity index (χ0n) is 11.1. The quantitative estimate of drug-likeness (QED) is 0.794. The Morgan fingerprint density at radius 3 is 3.06 bits per heavy atom. The van der Waals surface area contributed by atoms with Gasteiger partial charge in [-0.15, -0.1) is 0 Å². The average Bonchev–Trinajstić information content (AvgIpc) is 2.80. The molecule has 1 unspecified atom stereocenters. The number of carbonyl (C=O) groups excluding carboxylic acids is 1. The largest absolute Gasteiger partial charge is 0.399 e. The molecule has 4 nitrogen and oxygen atoms in total. The number of hydrogen-bond donors (Lipinski definition) is 2. The van der Waals surface area contributed by atoms with E-state index in [1.807, 2.05) is 31.0 Å². The summed E-state index contributed by atoms with van der Waals surface area (Å²) in [6.45, 7) is 3.66. The molecule has 1 heterocycles. The van der Waals surface area contributed by atoms with Crippen molar-refractivity contribution in [3.05, 3.63) is 29.3 Å². The van der Waals surface area contributed by atoms with E-state index >= 15 is 0 Å². The molecular formula is C14H21N3O. The molecule has 0 saturated carbocycles. The maximum absolute atomic E-state index is 12.5. The molecule has 0 spiro atoms. The Morgan fingerprint density at radius 1 is 1.56 bits per heavy atom. The number of likely N-dealkylation sites (tertiary alicyclic amines) is 1. The number of aryl methyl sites for hydroxylation is 1. The van der Waals surface area contributed by atoms with Crippen LogP contribution in [-0.4, -0.2) is 37.0 Å². The summed E-state index contributed by atoms with van der Waals surface area (Å²) < 4.78 is 0. The van der Waals surface area contributed by atoms with Crippen LogP contribution in [0.25, 0.3) is 0 Å². The molecule has 98 valence electrons. The van der Waals surface area contributed by atoms with E-state index in [9.17, 15) is 4.79 Å². The number of nitrogens with one attached hydrogen (secondary N) is 1. The van der Waals surface area contributed by atoms with Gasteiger partial charge in [0, 0.05) is 30.4 Å². The predicted octanol–water partition coefficient (Wildman–Crippen LogP) is 1.40. The van der Waals surface area contributed by atoms with Crippen LogP contribution in [-0.2, 0) is 0 Å². The smallest absolute Gasteiger partial charge is 0.254 e. The predicted molar refractivity (Wildman–Crippen MR) is 73.6 cm³/mol. The van der Waals surface area contributed by atoms with Gasteiger partial charge in [0.25, 0.3) is 5.91 Å². The first-order chi connectivity index (χ1) is 8.63. The zero-order chi connectivity index (χ0) is 13.1. The van der Waals surface area contributed by atoms with Crippen LogP contribution < -0.4 is 11.1 Å². The first-order valence-electron chi connectivity index (χ1n) is 6.45.